The van der Waals surface area contributed by atoms with E-state index in [1.54, 1.807) is 34.7 Å². The molecule has 0 saturated heterocycles. The van der Waals surface area contributed by atoms with Crippen LogP contribution in [-0.2, 0) is 14.6 Å². The lowest BCUT2D eigenvalue weighted by molar-refractivity contribution is -0.135. The maximum atomic E-state index is 12.0. The Morgan fingerprint density at radius 2 is 1.59 bits per heavy atom. The van der Waals surface area contributed by atoms with Crippen LogP contribution < -0.4 is 5.73 Å². The third kappa shape index (κ3) is 4.27. The standard InChI is InChI=1S/C11H24N2O3S/c1-7(8(2)12)11(14)13(5)9(3)10(4)17(6,15)16/h7-10H,12H2,1-6H3. The monoisotopic (exact) mass is 264 g/mol. The molecule has 0 aromatic carbocycles. The van der Waals surface area contributed by atoms with Crippen LogP contribution in [0.1, 0.15) is 27.7 Å². The Morgan fingerprint density at radius 1 is 1.18 bits per heavy atom. The van der Waals surface area contributed by atoms with Gasteiger partial charge in [-0.15, -0.1) is 0 Å². The Labute approximate surface area is 104 Å². The highest BCUT2D eigenvalue weighted by atomic mass is 32.2. The summed E-state index contributed by atoms with van der Waals surface area (Å²) in [6.45, 7) is 6.86. The van der Waals surface area contributed by atoms with E-state index in [2.05, 4.69) is 0 Å². The summed E-state index contributed by atoms with van der Waals surface area (Å²) in [7, 11) is -1.53. The number of amides is 1. The minimum absolute atomic E-state index is 0.122. The molecule has 0 aliphatic heterocycles. The number of hydrogen-bond donors (Lipinski definition) is 1. The van der Waals surface area contributed by atoms with Gasteiger partial charge in [-0.05, 0) is 20.8 Å². The van der Waals surface area contributed by atoms with Crippen LogP contribution in [0, 0.1) is 5.92 Å². The van der Waals surface area contributed by atoms with Gasteiger partial charge in [0, 0.05) is 25.4 Å². The predicted octanol–water partition coefficient (Wildman–Crippen LogP) is 0.250. The van der Waals surface area contributed by atoms with Crippen molar-refractivity contribution in [2.45, 2.75) is 45.0 Å². The van der Waals surface area contributed by atoms with Gasteiger partial charge in [0.2, 0.25) is 5.91 Å². The molecule has 0 spiro atoms. The second kappa shape index (κ2) is 5.82. The molecular weight excluding hydrogens is 240 g/mol. The van der Waals surface area contributed by atoms with Crippen LogP contribution in [0.4, 0.5) is 0 Å². The topological polar surface area (TPSA) is 80.5 Å². The zero-order valence-electron chi connectivity index (χ0n) is 11.5. The smallest absolute Gasteiger partial charge is 0.226 e. The van der Waals surface area contributed by atoms with Crippen molar-refractivity contribution in [2.24, 2.45) is 11.7 Å². The molecule has 0 saturated carbocycles. The average Bonchev–Trinajstić information content (AvgIpc) is 2.22. The molecule has 0 heterocycles. The van der Waals surface area contributed by atoms with E-state index >= 15 is 0 Å². The molecule has 2 N–H and O–H groups in total. The molecule has 0 aliphatic rings. The van der Waals surface area contributed by atoms with Gasteiger partial charge in [0.15, 0.2) is 9.84 Å². The summed E-state index contributed by atoms with van der Waals surface area (Å²) in [6, 6.07) is -0.607. The summed E-state index contributed by atoms with van der Waals surface area (Å²) >= 11 is 0. The van der Waals surface area contributed by atoms with Crippen molar-refractivity contribution in [2.75, 3.05) is 13.3 Å². The van der Waals surface area contributed by atoms with Crippen molar-refractivity contribution in [1.29, 1.82) is 0 Å². The van der Waals surface area contributed by atoms with Crippen molar-refractivity contribution in [1.82, 2.24) is 4.90 Å². The third-order valence-corrected chi connectivity index (χ3v) is 5.24. The van der Waals surface area contributed by atoms with E-state index in [0.29, 0.717) is 0 Å². The molecule has 0 fully saturated rings. The normalized spacial score (nSPS) is 19.2. The van der Waals surface area contributed by atoms with Crippen LogP contribution in [0.3, 0.4) is 0 Å². The summed E-state index contributed by atoms with van der Waals surface area (Å²) in [6.07, 6.45) is 1.18. The third-order valence-electron chi connectivity index (χ3n) is 3.49. The number of hydrogen-bond acceptors (Lipinski definition) is 4. The first-order valence-corrected chi connectivity index (χ1v) is 7.66. The van der Waals surface area contributed by atoms with E-state index in [4.69, 9.17) is 5.73 Å². The van der Waals surface area contributed by atoms with Gasteiger partial charge in [0.05, 0.1) is 11.2 Å². The highest BCUT2D eigenvalue weighted by Gasteiger charge is 2.30. The van der Waals surface area contributed by atoms with Gasteiger partial charge >= 0.3 is 0 Å². The Morgan fingerprint density at radius 3 is 1.88 bits per heavy atom. The molecule has 4 unspecified atom stereocenters. The van der Waals surface area contributed by atoms with Gasteiger partial charge in [0.25, 0.3) is 0 Å². The van der Waals surface area contributed by atoms with Crippen LogP contribution in [0.25, 0.3) is 0 Å². The van der Waals surface area contributed by atoms with E-state index in [9.17, 15) is 13.2 Å². The SMILES string of the molecule is CC(N)C(C)C(=O)N(C)C(C)C(C)S(C)(=O)=O. The molecule has 17 heavy (non-hydrogen) atoms. The minimum atomic E-state index is -3.15. The average molecular weight is 264 g/mol. The van der Waals surface area contributed by atoms with Crippen molar-refractivity contribution in [3.63, 3.8) is 0 Å². The molecule has 0 aromatic heterocycles. The van der Waals surface area contributed by atoms with Crippen LogP contribution in [0.2, 0.25) is 0 Å². The Balaban J connectivity index is 4.83. The van der Waals surface area contributed by atoms with Crippen molar-refractivity contribution in [3.8, 4) is 0 Å². The predicted molar refractivity (Wildman–Crippen MR) is 69.4 cm³/mol. The van der Waals surface area contributed by atoms with Gasteiger partial charge < -0.3 is 10.6 Å². The fourth-order valence-corrected chi connectivity index (χ4v) is 2.32. The second-order valence-electron chi connectivity index (χ2n) is 4.87. The lowest BCUT2D eigenvalue weighted by Gasteiger charge is -2.31. The Bertz CT molecular complexity index is 365. The van der Waals surface area contributed by atoms with E-state index in [1.165, 1.54) is 11.2 Å². The number of rotatable bonds is 5. The lowest BCUT2D eigenvalue weighted by atomic mass is 10.0. The zero-order valence-corrected chi connectivity index (χ0v) is 12.3. The van der Waals surface area contributed by atoms with E-state index in [0.717, 1.165) is 0 Å². The molecule has 0 aromatic rings. The summed E-state index contributed by atoms with van der Waals surface area (Å²) in [5, 5.41) is -0.586. The lowest BCUT2D eigenvalue weighted by Crippen LogP contribution is -2.48. The number of carbonyl (C=O) groups is 1. The minimum Gasteiger partial charge on any atom is -0.341 e. The number of nitrogens with zero attached hydrogens (tertiary/aromatic N) is 1. The first kappa shape index (κ1) is 16.4. The largest absolute Gasteiger partial charge is 0.341 e. The van der Waals surface area contributed by atoms with Crippen molar-refractivity contribution in [3.05, 3.63) is 0 Å². The fourth-order valence-electron chi connectivity index (χ4n) is 1.42. The van der Waals surface area contributed by atoms with Crippen LogP contribution in [-0.4, -0.2) is 49.9 Å². The first-order valence-electron chi connectivity index (χ1n) is 5.71. The molecule has 0 rings (SSSR count). The zero-order chi connectivity index (χ0) is 14.0. The molecule has 0 aliphatic carbocycles. The van der Waals surface area contributed by atoms with E-state index < -0.39 is 15.1 Å². The number of nitrogens with two attached hydrogens (primary N) is 1. The van der Waals surface area contributed by atoms with Gasteiger partial charge in [-0.25, -0.2) is 8.42 Å². The fraction of sp³-hybridized carbons (Fsp3) is 0.909. The number of carbonyl (C=O) groups excluding carboxylic acids is 1. The summed E-state index contributed by atoms with van der Waals surface area (Å²) in [4.78, 5) is 13.5. The van der Waals surface area contributed by atoms with Gasteiger partial charge in [-0.3, -0.25) is 4.79 Å². The first-order chi connectivity index (χ1) is 7.50. The summed E-state index contributed by atoms with van der Waals surface area (Å²) in [5.74, 6) is -0.433. The van der Waals surface area contributed by atoms with Gasteiger partial charge in [0.1, 0.15) is 0 Å². The Hall–Kier alpha value is -0.620. The van der Waals surface area contributed by atoms with Crippen molar-refractivity contribution >= 4 is 15.7 Å². The molecule has 1 amide bonds. The quantitative estimate of drug-likeness (QED) is 0.772. The molecule has 102 valence electrons. The van der Waals surface area contributed by atoms with Crippen molar-refractivity contribution < 1.29 is 13.2 Å². The van der Waals surface area contributed by atoms with Gasteiger partial charge in [-0.1, -0.05) is 6.92 Å². The summed E-state index contributed by atoms with van der Waals surface area (Å²) < 4.78 is 22.9. The molecule has 4 atom stereocenters. The van der Waals surface area contributed by atoms with Crippen LogP contribution in [0.5, 0.6) is 0 Å². The molecule has 5 nitrogen and oxygen atoms in total. The summed E-state index contributed by atoms with van der Waals surface area (Å²) in [5.41, 5.74) is 5.67. The molecule has 6 heteroatoms. The van der Waals surface area contributed by atoms with Gasteiger partial charge in [-0.2, -0.15) is 0 Å². The highest BCUT2D eigenvalue weighted by molar-refractivity contribution is 7.91. The number of sulfone groups is 1. The maximum absolute atomic E-state index is 12.0. The van der Waals surface area contributed by atoms with Crippen LogP contribution in [0.15, 0.2) is 0 Å². The molecule has 0 bridgehead atoms. The van der Waals surface area contributed by atoms with E-state index in [1.807, 2.05) is 0 Å². The highest BCUT2D eigenvalue weighted by Crippen LogP contribution is 2.14. The Kier molecular flexibility index (Phi) is 5.61. The maximum Gasteiger partial charge on any atom is 0.226 e. The van der Waals surface area contributed by atoms with Crippen LogP contribution >= 0.6 is 0 Å². The molecule has 0 radical (unpaired) electrons. The second-order valence-corrected chi connectivity index (χ2v) is 7.27. The molecular formula is C11H24N2O3S. The van der Waals surface area contributed by atoms with E-state index in [-0.39, 0.29) is 23.9 Å².